The Labute approximate surface area is 140 Å². The van der Waals surface area contributed by atoms with Crippen molar-refractivity contribution in [2.24, 2.45) is 0 Å². The number of benzene rings is 1. The van der Waals surface area contributed by atoms with Crippen LogP contribution in [0.1, 0.15) is 6.42 Å². The number of pyridine rings is 1. The van der Waals surface area contributed by atoms with Crippen LogP contribution in [-0.4, -0.2) is 52.7 Å². The minimum absolute atomic E-state index is 0.139. The third-order valence-corrected chi connectivity index (χ3v) is 4.80. The van der Waals surface area contributed by atoms with Crippen molar-refractivity contribution in [3.05, 3.63) is 53.1 Å². The van der Waals surface area contributed by atoms with Crippen molar-refractivity contribution in [1.82, 2.24) is 19.4 Å². The highest BCUT2D eigenvalue weighted by molar-refractivity contribution is 5.77. The van der Waals surface area contributed by atoms with Crippen molar-refractivity contribution in [3.63, 3.8) is 0 Å². The molecule has 2 aromatic heterocycles. The average molecular weight is 323 g/mol. The molecule has 3 aromatic rings. The van der Waals surface area contributed by atoms with Crippen LogP contribution in [0.5, 0.6) is 0 Å². The van der Waals surface area contributed by atoms with Crippen LogP contribution in [0.2, 0.25) is 0 Å². The first-order chi connectivity index (χ1) is 11.6. The summed E-state index contributed by atoms with van der Waals surface area (Å²) < 4.78 is 1.67. The van der Waals surface area contributed by atoms with E-state index in [1.807, 2.05) is 36.4 Å². The van der Waals surface area contributed by atoms with Crippen LogP contribution < -0.4 is 10.6 Å². The number of fused-ring (bicyclic) bond motifs is 1. The number of hydrogen-bond donors (Lipinski definition) is 1. The second-order valence-corrected chi connectivity index (χ2v) is 6.51. The number of likely N-dealkylation sites (N-methyl/N-ethyl adjacent to an activating group) is 1. The molecule has 1 aromatic carbocycles. The number of rotatable bonds is 3. The molecule has 0 amide bonds. The molecule has 0 aliphatic carbocycles. The number of H-pyrrole nitrogens is 1. The van der Waals surface area contributed by atoms with E-state index in [0.29, 0.717) is 6.04 Å². The average Bonchev–Trinajstić information content (AvgIpc) is 3.19. The molecule has 1 aliphatic heterocycles. The lowest BCUT2D eigenvalue weighted by Gasteiger charge is -2.21. The van der Waals surface area contributed by atoms with Crippen molar-refractivity contribution in [2.45, 2.75) is 12.5 Å². The van der Waals surface area contributed by atoms with E-state index in [2.05, 4.69) is 33.9 Å². The zero-order chi connectivity index (χ0) is 16.7. The highest BCUT2D eigenvalue weighted by Gasteiger charge is 2.24. The van der Waals surface area contributed by atoms with Gasteiger partial charge in [-0.2, -0.15) is 0 Å². The first-order valence-corrected chi connectivity index (χ1v) is 8.21. The van der Waals surface area contributed by atoms with E-state index in [0.717, 1.165) is 42.0 Å². The van der Waals surface area contributed by atoms with E-state index >= 15 is 0 Å². The number of nitrogens with one attached hydrogen (secondary N) is 1. The second kappa shape index (κ2) is 5.79. The summed E-state index contributed by atoms with van der Waals surface area (Å²) in [6.45, 7) is 2.01. The van der Waals surface area contributed by atoms with Crippen LogP contribution in [0.4, 0.5) is 5.82 Å². The van der Waals surface area contributed by atoms with E-state index in [4.69, 9.17) is 0 Å². The summed E-state index contributed by atoms with van der Waals surface area (Å²) in [6, 6.07) is 12.2. The number of anilines is 1. The van der Waals surface area contributed by atoms with Gasteiger partial charge in [-0.05, 0) is 44.8 Å². The Balaban J connectivity index is 1.65. The van der Waals surface area contributed by atoms with Gasteiger partial charge in [0.1, 0.15) is 5.82 Å². The summed E-state index contributed by atoms with van der Waals surface area (Å²) in [5.74, 6) is 0.969. The van der Waals surface area contributed by atoms with Gasteiger partial charge in [-0.25, -0.2) is 9.78 Å². The Kier molecular flexibility index (Phi) is 3.61. The second-order valence-electron chi connectivity index (χ2n) is 6.51. The van der Waals surface area contributed by atoms with Crippen LogP contribution in [0.15, 0.2) is 47.4 Å². The van der Waals surface area contributed by atoms with Crippen molar-refractivity contribution in [3.8, 4) is 5.69 Å². The van der Waals surface area contributed by atoms with Crippen LogP contribution in [0, 0.1) is 0 Å². The van der Waals surface area contributed by atoms with Gasteiger partial charge in [-0.3, -0.25) is 4.57 Å². The van der Waals surface area contributed by atoms with Gasteiger partial charge < -0.3 is 14.8 Å². The number of aromatic nitrogens is 3. The normalized spacial score (nSPS) is 18.0. The first-order valence-electron chi connectivity index (χ1n) is 8.21. The van der Waals surface area contributed by atoms with Crippen LogP contribution >= 0.6 is 0 Å². The molecule has 1 N–H and O–H groups in total. The SMILES string of the molecule is CN(C)[C@H]1CCN(c2ccc(-n3c(=O)[nH]c4ccccc43)cn2)C1. The number of aromatic amines is 1. The summed E-state index contributed by atoms with van der Waals surface area (Å²) >= 11 is 0. The van der Waals surface area contributed by atoms with E-state index in [9.17, 15) is 4.79 Å². The molecule has 0 spiro atoms. The standard InChI is InChI=1S/C18H21N5O/c1-21(2)14-9-10-22(12-14)17-8-7-13(11-19-17)23-16-6-4-3-5-15(16)20-18(23)24/h3-8,11,14H,9-10,12H2,1-2H3,(H,20,24)/t14-/m0/s1. The lowest BCUT2D eigenvalue weighted by Crippen LogP contribution is -2.31. The molecule has 24 heavy (non-hydrogen) atoms. The molecule has 0 bridgehead atoms. The molecular weight excluding hydrogens is 302 g/mol. The fraction of sp³-hybridized carbons (Fsp3) is 0.333. The highest BCUT2D eigenvalue weighted by Crippen LogP contribution is 2.22. The minimum atomic E-state index is -0.139. The van der Waals surface area contributed by atoms with Gasteiger partial charge in [0, 0.05) is 19.1 Å². The fourth-order valence-electron chi connectivity index (χ4n) is 3.38. The van der Waals surface area contributed by atoms with Gasteiger partial charge in [0.05, 0.1) is 22.9 Å². The number of imidazole rings is 1. The fourth-order valence-corrected chi connectivity index (χ4v) is 3.38. The Morgan fingerprint density at radius 2 is 2.04 bits per heavy atom. The lowest BCUT2D eigenvalue weighted by atomic mass is 10.2. The summed E-state index contributed by atoms with van der Waals surface area (Å²) in [6.07, 6.45) is 2.93. The molecule has 0 radical (unpaired) electrons. The van der Waals surface area contributed by atoms with Gasteiger partial charge in [0.2, 0.25) is 0 Å². The minimum Gasteiger partial charge on any atom is -0.355 e. The van der Waals surface area contributed by atoms with Crippen molar-refractivity contribution >= 4 is 16.9 Å². The summed E-state index contributed by atoms with van der Waals surface area (Å²) in [5.41, 5.74) is 2.34. The maximum atomic E-state index is 12.3. The molecule has 4 rings (SSSR count). The van der Waals surface area contributed by atoms with Crippen LogP contribution in [-0.2, 0) is 0 Å². The molecule has 1 fully saturated rings. The largest absolute Gasteiger partial charge is 0.355 e. The molecule has 124 valence electrons. The lowest BCUT2D eigenvalue weighted by molar-refractivity contribution is 0.315. The van der Waals surface area contributed by atoms with Gasteiger partial charge >= 0.3 is 5.69 Å². The maximum Gasteiger partial charge on any atom is 0.331 e. The molecule has 6 heteroatoms. The predicted molar refractivity (Wildman–Crippen MR) is 96.0 cm³/mol. The molecule has 1 atom stereocenters. The van der Waals surface area contributed by atoms with Gasteiger partial charge in [-0.15, -0.1) is 0 Å². The molecule has 1 aliphatic rings. The smallest absolute Gasteiger partial charge is 0.331 e. The Hall–Kier alpha value is -2.60. The third kappa shape index (κ3) is 2.49. The summed E-state index contributed by atoms with van der Waals surface area (Å²) in [5, 5.41) is 0. The molecule has 3 heterocycles. The molecule has 6 nitrogen and oxygen atoms in total. The monoisotopic (exact) mass is 323 g/mol. The van der Waals surface area contributed by atoms with E-state index in [-0.39, 0.29) is 5.69 Å². The highest BCUT2D eigenvalue weighted by atomic mass is 16.1. The predicted octanol–water partition coefficient (Wildman–Crippen LogP) is 1.85. The van der Waals surface area contributed by atoms with Crippen molar-refractivity contribution in [2.75, 3.05) is 32.1 Å². The summed E-state index contributed by atoms with van der Waals surface area (Å²) in [7, 11) is 4.24. The number of hydrogen-bond acceptors (Lipinski definition) is 4. The first kappa shape index (κ1) is 15.0. The maximum absolute atomic E-state index is 12.3. The van der Waals surface area contributed by atoms with Gasteiger partial charge in [-0.1, -0.05) is 12.1 Å². The Morgan fingerprint density at radius 3 is 2.75 bits per heavy atom. The van der Waals surface area contributed by atoms with E-state index in [1.165, 1.54) is 0 Å². The molecule has 0 saturated carbocycles. The third-order valence-electron chi connectivity index (χ3n) is 4.80. The molecule has 1 saturated heterocycles. The summed E-state index contributed by atoms with van der Waals surface area (Å²) in [4.78, 5) is 24.3. The number of nitrogens with zero attached hydrogens (tertiary/aromatic N) is 4. The van der Waals surface area contributed by atoms with Gasteiger partial charge in [0.25, 0.3) is 0 Å². The van der Waals surface area contributed by atoms with E-state index in [1.54, 1.807) is 10.8 Å². The Morgan fingerprint density at radius 1 is 1.21 bits per heavy atom. The topological polar surface area (TPSA) is 57.2 Å². The zero-order valence-electron chi connectivity index (χ0n) is 13.9. The van der Waals surface area contributed by atoms with Gasteiger partial charge in [0.15, 0.2) is 0 Å². The van der Waals surface area contributed by atoms with Crippen molar-refractivity contribution in [1.29, 1.82) is 0 Å². The quantitative estimate of drug-likeness (QED) is 0.799. The Bertz CT molecular complexity index is 909. The van der Waals surface area contributed by atoms with Crippen molar-refractivity contribution < 1.29 is 0 Å². The number of para-hydroxylation sites is 2. The van der Waals surface area contributed by atoms with E-state index < -0.39 is 0 Å². The van der Waals surface area contributed by atoms with Crippen LogP contribution in [0.3, 0.4) is 0 Å². The molecule has 0 unspecified atom stereocenters. The van der Waals surface area contributed by atoms with Crippen LogP contribution in [0.25, 0.3) is 16.7 Å². The molecular formula is C18H21N5O. The zero-order valence-corrected chi connectivity index (χ0v) is 13.9.